The molecule has 6 nitrogen and oxygen atoms in total. The molecule has 0 saturated carbocycles. The molecular formula is C23H30N2O4. The molecule has 3 N–H and O–H groups in total. The molecule has 2 atom stereocenters. The smallest absolute Gasteiger partial charge is 0.318 e. The minimum atomic E-state index is -0.735. The van der Waals surface area contributed by atoms with Crippen LogP contribution in [0.5, 0.6) is 11.5 Å². The highest BCUT2D eigenvalue weighted by atomic mass is 16.5. The van der Waals surface area contributed by atoms with E-state index in [9.17, 15) is 15.0 Å². The van der Waals surface area contributed by atoms with Gasteiger partial charge in [-0.15, -0.1) is 0 Å². The normalized spacial score (nSPS) is 13.1. The monoisotopic (exact) mass is 398 g/mol. The summed E-state index contributed by atoms with van der Waals surface area (Å²) in [6, 6.07) is 14.1. The van der Waals surface area contributed by atoms with Gasteiger partial charge in [-0.3, -0.25) is 0 Å². The highest BCUT2D eigenvalue weighted by molar-refractivity contribution is 5.75. The molecule has 2 rings (SSSR count). The number of carbonyl (C=O) groups is 1. The molecule has 0 heterocycles. The van der Waals surface area contributed by atoms with Crippen LogP contribution in [-0.2, 0) is 13.0 Å². The van der Waals surface area contributed by atoms with E-state index in [0.717, 1.165) is 11.1 Å². The van der Waals surface area contributed by atoms with Gasteiger partial charge in [-0.1, -0.05) is 48.6 Å². The van der Waals surface area contributed by atoms with Crippen molar-refractivity contribution in [3.8, 4) is 11.5 Å². The van der Waals surface area contributed by atoms with E-state index in [4.69, 9.17) is 4.74 Å². The molecule has 0 aliphatic carbocycles. The summed E-state index contributed by atoms with van der Waals surface area (Å²) in [5.74, 6) is 0.380. The highest BCUT2D eigenvalue weighted by Crippen LogP contribution is 2.27. The predicted molar refractivity (Wildman–Crippen MR) is 114 cm³/mol. The Morgan fingerprint density at radius 2 is 1.93 bits per heavy atom. The maximum absolute atomic E-state index is 13.0. The molecular weight excluding hydrogens is 368 g/mol. The van der Waals surface area contributed by atoms with E-state index < -0.39 is 12.1 Å². The van der Waals surface area contributed by atoms with Crippen molar-refractivity contribution in [2.75, 3.05) is 13.7 Å². The van der Waals surface area contributed by atoms with Gasteiger partial charge in [0, 0.05) is 13.1 Å². The number of ether oxygens (including phenoxy) is 1. The van der Waals surface area contributed by atoms with Crippen LogP contribution in [0.1, 0.15) is 25.0 Å². The van der Waals surface area contributed by atoms with Gasteiger partial charge in [0.2, 0.25) is 0 Å². The van der Waals surface area contributed by atoms with Gasteiger partial charge in [-0.25, -0.2) is 4.79 Å². The number of hydrogen-bond acceptors (Lipinski definition) is 4. The molecule has 6 heteroatoms. The van der Waals surface area contributed by atoms with E-state index in [1.54, 1.807) is 30.0 Å². The first-order valence-electron chi connectivity index (χ1n) is 9.69. The van der Waals surface area contributed by atoms with Crippen LogP contribution in [0.25, 0.3) is 0 Å². The van der Waals surface area contributed by atoms with Gasteiger partial charge in [0.05, 0.1) is 19.3 Å². The van der Waals surface area contributed by atoms with E-state index in [1.807, 2.05) is 49.4 Å². The fraction of sp³-hybridized carbons (Fsp3) is 0.348. The number of methoxy groups -OCH3 is 1. The SMILES string of the molecule is C/C=C/CNC(=O)N(Cc1ccc(O)c(OC)c1)C(Cc1ccccc1)C(C)O. The average molecular weight is 399 g/mol. The lowest BCUT2D eigenvalue weighted by atomic mass is 10.00. The van der Waals surface area contributed by atoms with Gasteiger partial charge in [0.1, 0.15) is 0 Å². The van der Waals surface area contributed by atoms with Crippen LogP contribution in [-0.4, -0.2) is 46.9 Å². The molecule has 156 valence electrons. The molecule has 0 aromatic heterocycles. The lowest BCUT2D eigenvalue weighted by molar-refractivity contribution is 0.0738. The first kappa shape index (κ1) is 22.3. The molecule has 2 unspecified atom stereocenters. The third-order valence-electron chi connectivity index (χ3n) is 4.71. The number of phenolic OH excluding ortho intramolecular Hbond substituents is 1. The van der Waals surface area contributed by atoms with Crippen molar-refractivity contribution >= 4 is 6.03 Å². The van der Waals surface area contributed by atoms with Crippen LogP contribution in [0, 0.1) is 0 Å². The number of aliphatic hydroxyl groups excluding tert-OH is 1. The Balaban J connectivity index is 2.32. The average Bonchev–Trinajstić information content (AvgIpc) is 2.72. The zero-order valence-corrected chi connectivity index (χ0v) is 17.2. The van der Waals surface area contributed by atoms with E-state index in [2.05, 4.69) is 5.32 Å². The number of benzene rings is 2. The summed E-state index contributed by atoms with van der Waals surface area (Å²) in [6.45, 7) is 4.25. The van der Waals surface area contributed by atoms with E-state index in [-0.39, 0.29) is 18.3 Å². The Kier molecular flexibility index (Phi) is 8.55. The van der Waals surface area contributed by atoms with Crippen LogP contribution in [0.3, 0.4) is 0 Å². The largest absolute Gasteiger partial charge is 0.504 e. The number of rotatable bonds is 9. The second-order valence-corrected chi connectivity index (χ2v) is 6.89. The summed E-state index contributed by atoms with van der Waals surface area (Å²) in [6.07, 6.45) is 3.51. The number of phenols is 1. The van der Waals surface area contributed by atoms with Crippen molar-refractivity contribution in [2.24, 2.45) is 0 Å². The summed E-state index contributed by atoms with van der Waals surface area (Å²) < 4.78 is 5.18. The molecule has 0 aliphatic heterocycles. The lowest BCUT2D eigenvalue weighted by Gasteiger charge is -2.34. The Morgan fingerprint density at radius 1 is 1.21 bits per heavy atom. The van der Waals surface area contributed by atoms with Crippen LogP contribution >= 0.6 is 0 Å². The molecule has 0 aliphatic rings. The number of hydrogen-bond donors (Lipinski definition) is 3. The van der Waals surface area contributed by atoms with Gasteiger partial charge in [-0.05, 0) is 43.5 Å². The third-order valence-corrected chi connectivity index (χ3v) is 4.71. The van der Waals surface area contributed by atoms with Crippen LogP contribution < -0.4 is 10.1 Å². The molecule has 2 aromatic rings. The number of urea groups is 1. The van der Waals surface area contributed by atoms with Gasteiger partial charge in [0.15, 0.2) is 11.5 Å². The lowest BCUT2D eigenvalue weighted by Crippen LogP contribution is -2.51. The molecule has 0 bridgehead atoms. The number of aliphatic hydroxyl groups is 1. The van der Waals surface area contributed by atoms with Crippen LogP contribution in [0.2, 0.25) is 0 Å². The predicted octanol–water partition coefficient (Wildman–Crippen LogP) is 3.48. The number of carbonyl (C=O) groups excluding carboxylic acids is 1. The second-order valence-electron chi connectivity index (χ2n) is 6.89. The number of allylic oxidation sites excluding steroid dienone is 1. The van der Waals surface area contributed by atoms with Crippen molar-refractivity contribution in [2.45, 2.75) is 39.0 Å². The Bertz CT molecular complexity index is 806. The molecule has 2 amide bonds. The van der Waals surface area contributed by atoms with E-state index >= 15 is 0 Å². The highest BCUT2D eigenvalue weighted by Gasteiger charge is 2.28. The summed E-state index contributed by atoms with van der Waals surface area (Å²) in [7, 11) is 1.48. The number of amides is 2. The van der Waals surface area contributed by atoms with Crippen molar-refractivity contribution in [3.63, 3.8) is 0 Å². The Hall–Kier alpha value is -2.99. The summed E-state index contributed by atoms with van der Waals surface area (Å²) in [5, 5.41) is 23.2. The molecule has 2 aromatic carbocycles. The third kappa shape index (κ3) is 6.54. The molecule has 0 spiro atoms. The zero-order valence-electron chi connectivity index (χ0n) is 17.2. The minimum absolute atomic E-state index is 0.0386. The fourth-order valence-electron chi connectivity index (χ4n) is 3.12. The van der Waals surface area contributed by atoms with Gasteiger partial charge < -0.3 is 25.2 Å². The van der Waals surface area contributed by atoms with Crippen LogP contribution in [0.4, 0.5) is 4.79 Å². The van der Waals surface area contributed by atoms with Crippen LogP contribution in [0.15, 0.2) is 60.7 Å². The van der Waals surface area contributed by atoms with Gasteiger partial charge in [-0.2, -0.15) is 0 Å². The molecule has 29 heavy (non-hydrogen) atoms. The maximum atomic E-state index is 13.0. The van der Waals surface area contributed by atoms with E-state index in [1.165, 1.54) is 7.11 Å². The van der Waals surface area contributed by atoms with Crippen molar-refractivity contribution in [3.05, 3.63) is 71.8 Å². The topological polar surface area (TPSA) is 82.0 Å². The van der Waals surface area contributed by atoms with Crippen molar-refractivity contribution in [1.29, 1.82) is 0 Å². The van der Waals surface area contributed by atoms with Gasteiger partial charge in [0.25, 0.3) is 0 Å². The maximum Gasteiger partial charge on any atom is 0.318 e. The Labute approximate surface area is 172 Å². The Morgan fingerprint density at radius 3 is 2.55 bits per heavy atom. The van der Waals surface area contributed by atoms with E-state index in [0.29, 0.717) is 18.7 Å². The zero-order chi connectivity index (χ0) is 21.2. The number of nitrogens with zero attached hydrogens (tertiary/aromatic N) is 1. The number of nitrogens with one attached hydrogen (secondary N) is 1. The first-order valence-corrected chi connectivity index (χ1v) is 9.69. The fourth-order valence-corrected chi connectivity index (χ4v) is 3.12. The standard InChI is InChI=1S/C23H30N2O4/c1-4-5-13-24-23(28)25(16-19-11-12-21(27)22(15-19)29-3)20(17(2)26)14-18-9-7-6-8-10-18/h4-12,15,17,20,26-27H,13-14,16H2,1-3H3,(H,24,28)/b5-4+. The quantitative estimate of drug-likeness (QED) is 0.565. The van der Waals surface area contributed by atoms with Gasteiger partial charge >= 0.3 is 6.03 Å². The summed E-state index contributed by atoms with van der Waals surface area (Å²) >= 11 is 0. The first-order chi connectivity index (χ1) is 14.0. The molecule has 0 saturated heterocycles. The molecule has 0 fully saturated rings. The summed E-state index contributed by atoms with van der Waals surface area (Å²) in [4.78, 5) is 14.6. The minimum Gasteiger partial charge on any atom is -0.504 e. The van der Waals surface area contributed by atoms with Crippen molar-refractivity contribution in [1.82, 2.24) is 10.2 Å². The molecule has 0 radical (unpaired) electrons. The van der Waals surface area contributed by atoms with Crippen molar-refractivity contribution < 1.29 is 19.7 Å². The second kappa shape index (κ2) is 11.1. The summed E-state index contributed by atoms with van der Waals surface area (Å²) in [5.41, 5.74) is 1.83. The number of aromatic hydroxyl groups is 1.